The number of amides is 2. The van der Waals surface area contributed by atoms with Crippen molar-refractivity contribution < 1.29 is 18.4 Å². The van der Waals surface area contributed by atoms with Crippen LogP contribution in [-0.2, 0) is 9.59 Å². The zero-order valence-electron chi connectivity index (χ0n) is 10.8. The summed E-state index contributed by atoms with van der Waals surface area (Å²) in [6.45, 7) is 3.49. The lowest BCUT2D eigenvalue weighted by Gasteiger charge is -2.29. The molecule has 0 spiro atoms. The lowest BCUT2D eigenvalue weighted by Crippen LogP contribution is -2.64. The summed E-state index contributed by atoms with van der Waals surface area (Å²) >= 11 is 7.38. The Morgan fingerprint density at radius 1 is 1.00 bits per heavy atom. The van der Waals surface area contributed by atoms with E-state index < -0.39 is 34.9 Å². The Bertz CT molecular complexity index is 336. The smallest absolute Gasteiger partial charge is 0.279 e. The number of hydrogen-bond donors (Lipinski definition) is 5. The van der Waals surface area contributed by atoms with Crippen molar-refractivity contribution in [3.05, 3.63) is 0 Å². The Labute approximate surface area is 122 Å². The summed E-state index contributed by atoms with van der Waals surface area (Å²) in [6.07, 6.45) is 0. The SMILES string of the molecule is CCNC(=O)C(F)(CS)NC(=O)[C@](F)(CS)NCC. The van der Waals surface area contributed by atoms with Crippen LogP contribution in [0.15, 0.2) is 0 Å². The number of likely N-dealkylation sites (N-methyl/N-ethyl adjacent to an activating group) is 2. The maximum absolute atomic E-state index is 14.2. The Morgan fingerprint density at radius 2 is 1.53 bits per heavy atom. The maximum atomic E-state index is 14.2. The molecule has 2 amide bonds. The minimum atomic E-state index is -2.77. The first-order chi connectivity index (χ1) is 8.79. The molecular formula is C10H19F2N3O2S2. The fourth-order valence-corrected chi connectivity index (χ4v) is 1.71. The van der Waals surface area contributed by atoms with Gasteiger partial charge in [0.05, 0.1) is 5.75 Å². The van der Waals surface area contributed by atoms with Gasteiger partial charge in [-0.05, 0) is 13.5 Å². The Morgan fingerprint density at radius 3 is 1.89 bits per heavy atom. The van der Waals surface area contributed by atoms with Crippen LogP contribution in [-0.4, -0.2) is 48.0 Å². The molecule has 0 aliphatic rings. The van der Waals surface area contributed by atoms with Gasteiger partial charge >= 0.3 is 0 Å². The number of carbonyl (C=O) groups excluding carboxylic acids is 2. The fourth-order valence-electron chi connectivity index (χ4n) is 1.24. The molecule has 0 saturated carbocycles. The average Bonchev–Trinajstić information content (AvgIpc) is 2.38. The molecule has 0 aliphatic heterocycles. The lowest BCUT2D eigenvalue weighted by atomic mass is 10.2. The van der Waals surface area contributed by atoms with Crippen molar-refractivity contribution in [1.29, 1.82) is 0 Å². The molecule has 5 nitrogen and oxygen atoms in total. The summed E-state index contributed by atoms with van der Waals surface area (Å²) in [5.41, 5.74) is 0. The van der Waals surface area contributed by atoms with E-state index in [1.807, 2.05) is 0 Å². The van der Waals surface area contributed by atoms with Gasteiger partial charge in [-0.1, -0.05) is 6.92 Å². The summed E-state index contributed by atoms with van der Waals surface area (Å²) in [5, 5.41) is 6.18. The molecule has 1 unspecified atom stereocenters. The van der Waals surface area contributed by atoms with Crippen LogP contribution >= 0.6 is 25.3 Å². The molecule has 9 heteroatoms. The molecule has 0 aromatic carbocycles. The third kappa shape index (κ3) is 4.81. The molecule has 0 rings (SSSR count). The highest BCUT2D eigenvalue weighted by Crippen LogP contribution is 2.15. The predicted molar refractivity (Wildman–Crippen MR) is 75.9 cm³/mol. The molecule has 19 heavy (non-hydrogen) atoms. The molecule has 0 aromatic heterocycles. The van der Waals surface area contributed by atoms with E-state index >= 15 is 0 Å². The summed E-state index contributed by atoms with van der Waals surface area (Å²) in [5.74, 6) is -8.80. The molecule has 2 atom stereocenters. The Kier molecular flexibility index (Phi) is 7.68. The number of rotatable bonds is 8. The highest BCUT2D eigenvalue weighted by molar-refractivity contribution is 7.80. The van der Waals surface area contributed by atoms with Gasteiger partial charge < -0.3 is 10.6 Å². The van der Waals surface area contributed by atoms with Crippen molar-refractivity contribution in [1.82, 2.24) is 16.0 Å². The van der Waals surface area contributed by atoms with E-state index in [4.69, 9.17) is 0 Å². The first kappa shape index (κ1) is 18.5. The second-order valence-corrected chi connectivity index (χ2v) is 4.39. The summed E-state index contributed by atoms with van der Waals surface area (Å²) < 4.78 is 28.3. The zero-order chi connectivity index (χ0) is 15.1. The van der Waals surface area contributed by atoms with Crippen molar-refractivity contribution in [2.75, 3.05) is 24.6 Å². The van der Waals surface area contributed by atoms with E-state index in [1.165, 1.54) is 0 Å². The van der Waals surface area contributed by atoms with Crippen molar-refractivity contribution in [2.45, 2.75) is 25.4 Å². The Hall–Kier alpha value is -0.540. The van der Waals surface area contributed by atoms with Gasteiger partial charge in [-0.2, -0.15) is 25.3 Å². The molecule has 0 radical (unpaired) electrons. The summed E-state index contributed by atoms with van der Waals surface area (Å²) in [4.78, 5) is 23.2. The molecular weight excluding hydrogens is 296 g/mol. The maximum Gasteiger partial charge on any atom is 0.279 e. The predicted octanol–water partition coefficient (Wildman–Crippen LogP) is 0.0394. The van der Waals surface area contributed by atoms with Crippen LogP contribution in [0, 0.1) is 0 Å². The van der Waals surface area contributed by atoms with E-state index in [2.05, 4.69) is 35.9 Å². The van der Waals surface area contributed by atoms with E-state index in [0.29, 0.717) is 0 Å². The minimum Gasteiger partial charge on any atom is -0.352 e. The van der Waals surface area contributed by atoms with Crippen LogP contribution in [0.1, 0.15) is 13.8 Å². The van der Waals surface area contributed by atoms with Crippen LogP contribution in [0.3, 0.4) is 0 Å². The number of halogens is 2. The highest BCUT2D eigenvalue weighted by Gasteiger charge is 2.45. The average molecular weight is 315 g/mol. The van der Waals surface area contributed by atoms with Crippen LogP contribution in [0.25, 0.3) is 0 Å². The highest BCUT2D eigenvalue weighted by atomic mass is 32.1. The second kappa shape index (κ2) is 7.91. The van der Waals surface area contributed by atoms with Gasteiger partial charge in [0, 0.05) is 12.3 Å². The van der Waals surface area contributed by atoms with Crippen molar-refractivity contribution >= 4 is 37.1 Å². The zero-order valence-corrected chi connectivity index (χ0v) is 12.6. The number of carbonyl (C=O) groups is 2. The molecule has 0 heterocycles. The van der Waals surface area contributed by atoms with Crippen LogP contribution in [0.2, 0.25) is 0 Å². The number of alkyl halides is 2. The number of thiol groups is 2. The van der Waals surface area contributed by atoms with Crippen molar-refractivity contribution in [2.24, 2.45) is 0 Å². The molecule has 3 N–H and O–H groups in total. The molecule has 0 aromatic rings. The molecule has 112 valence electrons. The minimum absolute atomic E-state index is 0.145. The largest absolute Gasteiger partial charge is 0.352 e. The van der Waals surface area contributed by atoms with Crippen LogP contribution in [0.5, 0.6) is 0 Å². The van der Waals surface area contributed by atoms with Crippen LogP contribution < -0.4 is 16.0 Å². The quantitative estimate of drug-likeness (QED) is 0.324. The monoisotopic (exact) mass is 315 g/mol. The number of nitrogens with one attached hydrogen (secondary N) is 3. The first-order valence-electron chi connectivity index (χ1n) is 5.75. The molecule has 0 aliphatic carbocycles. The van der Waals surface area contributed by atoms with Crippen molar-refractivity contribution in [3.63, 3.8) is 0 Å². The first-order valence-corrected chi connectivity index (χ1v) is 7.01. The van der Waals surface area contributed by atoms with Gasteiger partial charge in [0.15, 0.2) is 0 Å². The number of hydrogen-bond acceptors (Lipinski definition) is 5. The molecule has 0 saturated heterocycles. The van der Waals surface area contributed by atoms with Gasteiger partial charge in [-0.15, -0.1) is 0 Å². The van der Waals surface area contributed by atoms with Gasteiger partial charge in [0.1, 0.15) is 0 Å². The van der Waals surface area contributed by atoms with E-state index in [-0.39, 0.29) is 13.1 Å². The van der Waals surface area contributed by atoms with Gasteiger partial charge in [-0.3, -0.25) is 14.9 Å². The molecule has 0 fully saturated rings. The van der Waals surface area contributed by atoms with E-state index in [0.717, 1.165) is 0 Å². The third-order valence-electron chi connectivity index (χ3n) is 2.26. The van der Waals surface area contributed by atoms with Crippen molar-refractivity contribution in [3.8, 4) is 0 Å². The standard InChI is InChI=1S/C10H19F2N3O2S2/c1-3-13-7(16)10(12,6-19)15-8(17)9(11,5-18)14-4-2/h14,18-19H,3-6H2,1-2H3,(H,13,16)(H,15,17)/t9-,10?/m0/s1. The van der Waals surface area contributed by atoms with Gasteiger partial charge in [0.2, 0.25) is 5.79 Å². The van der Waals surface area contributed by atoms with Gasteiger partial charge in [0.25, 0.3) is 17.6 Å². The fraction of sp³-hybridized carbons (Fsp3) is 0.800. The topological polar surface area (TPSA) is 70.2 Å². The van der Waals surface area contributed by atoms with Gasteiger partial charge in [-0.25, -0.2) is 8.78 Å². The Balaban J connectivity index is 4.96. The third-order valence-corrected chi connectivity index (χ3v) is 3.13. The normalized spacial score (nSPS) is 17.2. The lowest BCUT2D eigenvalue weighted by molar-refractivity contribution is -0.145. The van der Waals surface area contributed by atoms with Crippen LogP contribution in [0.4, 0.5) is 8.78 Å². The van der Waals surface area contributed by atoms with E-state index in [1.54, 1.807) is 19.2 Å². The second-order valence-electron chi connectivity index (χ2n) is 3.76. The summed E-state index contributed by atoms with van der Waals surface area (Å²) in [6, 6.07) is 0. The summed E-state index contributed by atoms with van der Waals surface area (Å²) in [7, 11) is 0. The van der Waals surface area contributed by atoms with E-state index in [9.17, 15) is 18.4 Å². The molecule has 0 bridgehead atoms.